The maximum atomic E-state index is 13.4. The van der Waals surface area contributed by atoms with Crippen LogP contribution in [0.2, 0.25) is 0 Å². The molecular formula is C22H22F2N2O3. The van der Waals surface area contributed by atoms with Gasteiger partial charge in [0.15, 0.2) is 0 Å². The van der Waals surface area contributed by atoms with Crippen molar-refractivity contribution < 1.29 is 23.8 Å². The molecule has 0 aliphatic carbocycles. The fourth-order valence-electron chi connectivity index (χ4n) is 3.28. The van der Waals surface area contributed by atoms with Crippen molar-refractivity contribution in [3.8, 4) is 0 Å². The second-order valence-corrected chi connectivity index (χ2v) is 6.92. The highest BCUT2D eigenvalue weighted by Gasteiger charge is 2.22. The van der Waals surface area contributed by atoms with E-state index in [2.05, 4.69) is 10.6 Å². The standard InChI is InChI=1S/C22H22F2N2O3/c23-18-8-15(9-19(24)11-18)10-20(26-22(28)29)21(27)13-25-12-14-5-6-16-3-1-2-4-17(16)7-14/h1-9,11,20-21,25-27H,10,12-13H2,(H,28,29)/t20-,21+/m0/s1. The molecule has 7 heteroatoms. The first-order valence-electron chi connectivity index (χ1n) is 9.21. The Balaban J connectivity index is 1.61. The SMILES string of the molecule is O=C(O)N[C@@H](Cc1cc(F)cc(F)c1)[C@H](O)CNCc1ccc2ccccc2c1. The normalized spacial score (nSPS) is 13.2. The molecule has 0 radical (unpaired) electrons. The average molecular weight is 400 g/mol. The molecule has 0 aromatic heterocycles. The summed E-state index contributed by atoms with van der Waals surface area (Å²) in [5.74, 6) is -1.50. The third-order valence-corrected chi connectivity index (χ3v) is 4.65. The molecule has 0 saturated carbocycles. The minimum absolute atomic E-state index is 0.0419. The molecule has 2 atom stereocenters. The lowest BCUT2D eigenvalue weighted by Gasteiger charge is -2.23. The van der Waals surface area contributed by atoms with E-state index in [1.807, 2.05) is 42.5 Å². The van der Waals surface area contributed by atoms with E-state index in [4.69, 9.17) is 5.11 Å². The van der Waals surface area contributed by atoms with Crippen molar-refractivity contribution in [1.82, 2.24) is 10.6 Å². The molecule has 1 amide bonds. The smallest absolute Gasteiger partial charge is 0.404 e. The summed E-state index contributed by atoms with van der Waals surface area (Å²) in [7, 11) is 0. The molecule has 0 aliphatic heterocycles. The summed E-state index contributed by atoms with van der Waals surface area (Å²) in [6.07, 6.45) is -2.45. The number of fused-ring (bicyclic) bond motifs is 1. The number of rotatable bonds is 8. The van der Waals surface area contributed by atoms with Gasteiger partial charge >= 0.3 is 6.09 Å². The average Bonchev–Trinajstić information content (AvgIpc) is 2.66. The van der Waals surface area contributed by atoms with Crippen LogP contribution in [0, 0.1) is 11.6 Å². The zero-order chi connectivity index (χ0) is 20.8. The fraction of sp³-hybridized carbons (Fsp3) is 0.227. The number of carboxylic acid groups (broad SMARTS) is 1. The monoisotopic (exact) mass is 400 g/mol. The molecule has 3 aromatic rings. The molecule has 3 rings (SSSR count). The Bertz CT molecular complexity index is 976. The zero-order valence-corrected chi connectivity index (χ0v) is 15.6. The van der Waals surface area contributed by atoms with Crippen LogP contribution in [0.1, 0.15) is 11.1 Å². The van der Waals surface area contributed by atoms with Gasteiger partial charge < -0.3 is 20.8 Å². The maximum Gasteiger partial charge on any atom is 0.404 e. The van der Waals surface area contributed by atoms with Gasteiger partial charge in [-0.25, -0.2) is 13.6 Å². The molecule has 4 N–H and O–H groups in total. The van der Waals surface area contributed by atoms with Gasteiger partial charge in [-0.1, -0.05) is 36.4 Å². The van der Waals surface area contributed by atoms with Gasteiger partial charge in [0.05, 0.1) is 12.1 Å². The van der Waals surface area contributed by atoms with Gasteiger partial charge in [-0.15, -0.1) is 0 Å². The largest absolute Gasteiger partial charge is 0.465 e. The minimum Gasteiger partial charge on any atom is -0.465 e. The number of hydrogen-bond donors (Lipinski definition) is 4. The van der Waals surface area contributed by atoms with Crippen LogP contribution in [-0.2, 0) is 13.0 Å². The number of aliphatic hydroxyl groups is 1. The summed E-state index contributed by atoms with van der Waals surface area (Å²) in [6.45, 7) is 0.589. The first-order valence-corrected chi connectivity index (χ1v) is 9.21. The topological polar surface area (TPSA) is 81.6 Å². The molecule has 0 unspecified atom stereocenters. The summed E-state index contributed by atoms with van der Waals surface area (Å²) in [5, 5.41) is 27.0. The maximum absolute atomic E-state index is 13.4. The predicted octanol–water partition coefficient (Wildman–Crippen LogP) is 3.45. The molecule has 0 aliphatic rings. The first kappa shape index (κ1) is 20.7. The van der Waals surface area contributed by atoms with Crippen LogP contribution >= 0.6 is 0 Å². The third-order valence-electron chi connectivity index (χ3n) is 4.65. The van der Waals surface area contributed by atoms with E-state index < -0.39 is 29.9 Å². The van der Waals surface area contributed by atoms with Crippen molar-refractivity contribution in [2.24, 2.45) is 0 Å². The highest BCUT2D eigenvalue weighted by atomic mass is 19.1. The van der Waals surface area contributed by atoms with Crippen LogP contribution in [0.25, 0.3) is 10.8 Å². The number of hydrogen-bond acceptors (Lipinski definition) is 3. The molecular weight excluding hydrogens is 378 g/mol. The number of halogens is 2. The molecule has 152 valence electrons. The van der Waals surface area contributed by atoms with Gasteiger partial charge in [-0.05, 0) is 46.5 Å². The van der Waals surface area contributed by atoms with Crippen LogP contribution < -0.4 is 10.6 Å². The van der Waals surface area contributed by atoms with Gasteiger partial charge in [-0.3, -0.25) is 0 Å². The van der Waals surface area contributed by atoms with Crippen LogP contribution in [-0.4, -0.2) is 35.0 Å². The van der Waals surface area contributed by atoms with Crippen LogP contribution in [0.5, 0.6) is 0 Å². The fourth-order valence-corrected chi connectivity index (χ4v) is 3.28. The summed E-state index contributed by atoms with van der Waals surface area (Å²) in [4.78, 5) is 11.1. The Labute approximate surface area is 167 Å². The highest BCUT2D eigenvalue weighted by molar-refractivity contribution is 5.82. The predicted molar refractivity (Wildman–Crippen MR) is 107 cm³/mol. The summed E-state index contributed by atoms with van der Waals surface area (Å²) >= 11 is 0. The van der Waals surface area contributed by atoms with Crippen LogP contribution in [0.15, 0.2) is 60.7 Å². The molecule has 0 bridgehead atoms. The molecule has 29 heavy (non-hydrogen) atoms. The number of nitrogens with one attached hydrogen (secondary N) is 2. The summed E-state index contributed by atoms with van der Waals surface area (Å²) in [5.41, 5.74) is 1.28. The Morgan fingerprint density at radius 1 is 0.931 bits per heavy atom. The number of aliphatic hydroxyl groups excluding tert-OH is 1. The quantitative estimate of drug-likeness (QED) is 0.467. The van der Waals surface area contributed by atoms with E-state index in [-0.39, 0.29) is 18.5 Å². The lowest BCUT2D eigenvalue weighted by molar-refractivity contribution is 0.117. The van der Waals surface area contributed by atoms with Crippen molar-refractivity contribution in [1.29, 1.82) is 0 Å². The molecule has 5 nitrogen and oxygen atoms in total. The molecule has 0 spiro atoms. The van der Waals surface area contributed by atoms with Crippen molar-refractivity contribution >= 4 is 16.9 Å². The molecule has 0 saturated heterocycles. The van der Waals surface area contributed by atoms with Gasteiger partial charge in [0, 0.05) is 19.2 Å². The van der Waals surface area contributed by atoms with E-state index in [9.17, 15) is 18.7 Å². The van der Waals surface area contributed by atoms with E-state index >= 15 is 0 Å². The Morgan fingerprint density at radius 3 is 2.31 bits per heavy atom. The summed E-state index contributed by atoms with van der Waals surface area (Å²) in [6, 6.07) is 16.0. The van der Waals surface area contributed by atoms with E-state index in [0.717, 1.165) is 34.5 Å². The van der Waals surface area contributed by atoms with Crippen molar-refractivity contribution in [3.05, 3.63) is 83.4 Å². The third kappa shape index (κ3) is 5.97. The van der Waals surface area contributed by atoms with Gasteiger partial charge in [0.1, 0.15) is 11.6 Å². The Hall–Kier alpha value is -3.03. The van der Waals surface area contributed by atoms with E-state index in [1.54, 1.807) is 0 Å². The van der Waals surface area contributed by atoms with Gasteiger partial charge in [-0.2, -0.15) is 0 Å². The second-order valence-electron chi connectivity index (χ2n) is 6.92. The lowest BCUT2D eigenvalue weighted by atomic mass is 10.0. The van der Waals surface area contributed by atoms with Gasteiger partial charge in [0.25, 0.3) is 0 Å². The Kier molecular flexibility index (Phi) is 6.74. The highest BCUT2D eigenvalue weighted by Crippen LogP contribution is 2.16. The van der Waals surface area contributed by atoms with Gasteiger partial charge in [0.2, 0.25) is 0 Å². The van der Waals surface area contributed by atoms with Crippen molar-refractivity contribution in [3.63, 3.8) is 0 Å². The molecule has 3 aromatic carbocycles. The van der Waals surface area contributed by atoms with Crippen LogP contribution in [0.4, 0.5) is 13.6 Å². The first-order chi connectivity index (χ1) is 13.9. The second kappa shape index (κ2) is 9.45. The molecule has 0 heterocycles. The number of carbonyl (C=O) groups is 1. The van der Waals surface area contributed by atoms with E-state index in [0.29, 0.717) is 6.54 Å². The van der Waals surface area contributed by atoms with E-state index in [1.165, 1.54) is 0 Å². The number of benzene rings is 3. The minimum atomic E-state index is -1.32. The number of amides is 1. The van der Waals surface area contributed by atoms with Crippen molar-refractivity contribution in [2.45, 2.75) is 25.1 Å². The Morgan fingerprint density at radius 2 is 1.62 bits per heavy atom. The van der Waals surface area contributed by atoms with Crippen molar-refractivity contribution in [2.75, 3.05) is 6.54 Å². The molecule has 0 fully saturated rings. The van der Waals surface area contributed by atoms with Crippen LogP contribution in [0.3, 0.4) is 0 Å². The lowest BCUT2D eigenvalue weighted by Crippen LogP contribution is -2.48. The zero-order valence-electron chi connectivity index (χ0n) is 15.6. The summed E-state index contributed by atoms with van der Waals surface area (Å²) < 4.78 is 26.8.